The quantitative estimate of drug-likeness (QED) is 0.574. The van der Waals surface area contributed by atoms with Crippen LogP contribution in [0.2, 0.25) is 0 Å². The molecule has 0 aliphatic heterocycles. The lowest BCUT2D eigenvalue weighted by Gasteiger charge is -2.45. The van der Waals surface area contributed by atoms with Crippen molar-refractivity contribution in [3.63, 3.8) is 0 Å². The summed E-state index contributed by atoms with van der Waals surface area (Å²) in [7, 11) is 0. The third kappa shape index (κ3) is 1.28. The van der Waals surface area contributed by atoms with Crippen LogP contribution in [-0.2, 0) is 0 Å². The second kappa shape index (κ2) is 3.75. The maximum atomic E-state index is 4.20. The van der Waals surface area contributed by atoms with Crippen LogP contribution in [0.15, 0.2) is 24.3 Å². The van der Waals surface area contributed by atoms with Gasteiger partial charge in [0.15, 0.2) is 0 Å². The van der Waals surface area contributed by atoms with E-state index < -0.39 is 0 Å². The predicted octanol–water partition coefficient (Wildman–Crippen LogP) is 4.97. The fraction of sp³-hybridized carbons (Fsp3) is 0.750. The molecular weight excluding hydrogens is 192 g/mol. The zero-order valence-electron chi connectivity index (χ0n) is 11.3. The zero-order chi connectivity index (χ0) is 12.0. The van der Waals surface area contributed by atoms with Crippen molar-refractivity contribution in [1.29, 1.82) is 0 Å². The van der Waals surface area contributed by atoms with Gasteiger partial charge in [0.1, 0.15) is 0 Å². The molecule has 0 aromatic rings. The van der Waals surface area contributed by atoms with Gasteiger partial charge in [-0.05, 0) is 42.9 Å². The first-order chi connectivity index (χ1) is 7.46. The summed E-state index contributed by atoms with van der Waals surface area (Å²) in [6, 6.07) is 0. The van der Waals surface area contributed by atoms with Crippen molar-refractivity contribution in [1.82, 2.24) is 0 Å². The summed E-state index contributed by atoms with van der Waals surface area (Å²) >= 11 is 0. The van der Waals surface area contributed by atoms with Gasteiger partial charge in [0.05, 0.1) is 0 Å². The molecule has 0 amide bonds. The van der Waals surface area contributed by atoms with Crippen molar-refractivity contribution in [2.24, 2.45) is 22.7 Å². The van der Waals surface area contributed by atoms with Crippen molar-refractivity contribution in [2.75, 3.05) is 0 Å². The minimum absolute atomic E-state index is 0.267. The number of rotatable bonds is 2. The van der Waals surface area contributed by atoms with Gasteiger partial charge in [-0.15, -0.1) is 6.58 Å². The Kier molecular flexibility index (Phi) is 2.80. The van der Waals surface area contributed by atoms with Crippen LogP contribution in [0.4, 0.5) is 0 Å². The van der Waals surface area contributed by atoms with Gasteiger partial charge in [0.25, 0.3) is 0 Å². The van der Waals surface area contributed by atoms with Crippen LogP contribution >= 0.6 is 0 Å². The average molecular weight is 218 g/mol. The van der Waals surface area contributed by atoms with E-state index in [0.717, 1.165) is 11.8 Å². The van der Waals surface area contributed by atoms with Gasteiger partial charge in [0, 0.05) is 5.41 Å². The normalized spacial score (nSPS) is 42.1. The van der Waals surface area contributed by atoms with Gasteiger partial charge in [0.2, 0.25) is 0 Å². The van der Waals surface area contributed by atoms with Crippen molar-refractivity contribution < 1.29 is 0 Å². The molecule has 0 heteroatoms. The molecule has 3 atom stereocenters. The number of hydrogen-bond donors (Lipinski definition) is 0. The Balaban J connectivity index is 2.50. The Bertz CT molecular complexity index is 321. The smallest absolute Gasteiger partial charge is 0.0167 e. The summed E-state index contributed by atoms with van der Waals surface area (Å²) in [4.78, 5) is 0. The second-order valence-electron chi connectivity index (χ2n) is 6.45. The number of hydrogen-bond acceptors (Lipinski definition) is 0. The Labute approximate surface area is 101 Å². The summed E-state index contributed by atoms with van der Waals surface area (Å²) in [6.07, 6.45) is 10.0. The first-order valence-corrected chi connectivity index (χ1v) is 6.80. The van der Waals surface area contributed by atoms with E-state index in [1.54, 1.807) is 5.57 Å². The standard InChI is InChI=1S/C16H26/c1-6-16(14-9-7-8-10-14)13(3)11-12(2)15(16,4)5/h6,9,12-13H,1,7-8,10-11H2,2-5H3. The molecule has 0 spiro atoms. The van der Waals surface area contributed by atoms with E-state index in [2.05, 4.69) is 46.4 Å². The average Bonchev–Trinajstić information content (AvgIpc) is 2.77. The molecule has 3 unspecified atom stereocenters. The van der Waals surface area contributed by atoms with E-state index in [9.17, 15) is 0 Å². The highest BCUT2D eigenvalue weighted by atomic mass is 14.6. The topological polar surface area (TPSA) is 0 Å². The lowest BCUT2D eigenvalue weighted by molar-refractivity contribution is 0.136. The maximum Gasteiger partial charge on any atom is 0.0167 e. The lowest BCUT2D eigenvalue weighted by Crippen LogP contribution is -2.38. The van der Waals surface area contributed by atoms with Gasteiger partial charge in [-0.3, -0.25) is 0 Å². The molecule has 0 saturated heterocycles. The first kappa shape index (κ1) is 12.0. The minimum Gasteiger partial charge on any atom is -0.102 e. The molecule has 1 fully saturated rings. The van der Waals surface area contributed by atoms with Crippen molar-refractivity contribution in [3.05, 3.63) is 24.3 Å². The summed E-state index contributed by atoms with van der Waals surface area (Å²) in [5.41, 5.74) is 2.32. The van der Waals surface area contributed by atoms with Gasteiger partial charge in [-0.1, -0.05) is 45.4 Å². The van der Waals surface area contributed by atoms with E-state index in [-0.39, 0.29) is 5.41 Å². The summed E-state index contributed by atoms with van der Waals surface area (Å²) in [5.74, 6) is 1.54. The first-order valence-electron chi connectivity index (χ1n) is 6.80. The van der Waals surface area contributed by atoms with Crippen LogP contribution in [0.1, 0.15) is 53.4 Å². The van der Waals surface area contributed by atoms with Crippen LogP contribution in [-0.4, -0.2) is 0 Å². The Hall–Kier alpha value is -0.520. The van der Waals surface area contributed by atoms with Crippen LogP contribution in [0.25, 0.3) is 0 Å². The molecule has 90 valence electrons. The Morgan fingerprint density at radius 1 is 1.31 bits per heavy atom. The molecule has 0 aromatic heterocycles. The number of allylic oxidation sites excluding steroid dienone is 3. The Morgan fingerprint density at radius 2 is 2.00 bits per heavy atom. The van der Waals surface area contributed by atoms with Crippen LogP contribution in [0, 0.1) is 22.7 Å². The minimum atomic E-state index is 0.267. The second-order valence-corrected chi connectivity index (χ2v) is 6.45. The maximum absolute atomic E-state index is 4.20. The monoisotopic (exact) mass is 218 g/mol. The summed E-state index contributed by atoms with van der Waals surface area (Å²) in [5, 5.41) is 0. The van der Waals surface area contributed by atoms with E-state index in [0.29, 0.717) is 5.41 Å². The molecule has 0 nitrogen and oxygen atoms in total. The van der Waals surface area contributed by atoms with E-state index >= 15 is 0 Å². The fourth-order valence-corrected chi connectivity index (χ4v) is 4.43. The van der Waals surface area contributed by atoms with Gasteiger partial charge in [-0.25, -0.2) is 0 Å². The highest BCUT2D eigenvalue weighted by Crippen LogP contribution is 2.64. The van der Waals surface area contributed by atoms with Gasteiger partial charge >= 0.3 is 0 Å². The molecule has 16 heavy (non-hydrogen) atoms. The molecule has 0 heterocycles. The van der Waals surface area contributed by atoms with Crippen molar-refractivity contribution >= 4 is 0 Å². The molecular formula is C16H26. The Morgan fingerprint density at radius 3 is 2.38 bits per heavy atom. The SMILES string of the molecule is C=CC1(C2=CCCC2)C(C)CC(C)C1(C)C. The molecule has 0 aromatic carbocycles. The zero-order valence-corrected chi connectivity index (χ0v) is 11.3. The van der Waals surface area contributed by atoms with E-state index in [1.165, 1.54) is 25.7 Å². The summed E-state index contributed by atoms with van der Waals surface area (Å²) in [6.45, 7) is 13.9. The van der Waals surface area contributed by atoms with Gasteiger partial charge < -0.3 is 0 Å². The molecule has 0 bridgehead atoms. The predicted molar refractivity (Wildman–Crippen MR) is 71.3 cm³/mol. The molecule has 0 N–H and O–H groups in total. The molecule has 2 rings (SSSR count). The molecule has 0 radical (unpaired) electrons. The van der Waals surface area contributed by atoms with Gasteiger partial charge in [-0.2, -0.15) is 0 Å². The third-order valence-electron chi connectivity index (χ3n) is 5.68. The molecule has 1 saturated carbocycles. The lowest BCUT2D eigenvalue weighted by atomic mass is 9.58. The fourth-order valence-electron chi connectivity index (χ4n) is 4.43. The molecule has 2 aliphatic carbocycles. The van der Waals surface area contributed by atoms with E-state index in [1.807, 2.05) is 0 Å². The molecule has 2 aliphatic rings. The largest absolute Gasteiger partial charge is 0.102 e. The van der Waals surface area contributed by atoms with E-state index in [4.69, 9.17) is 0 Å². The highest BCUT2D eigenvalue weighted by Gasteiger charge is 2.56. The van der Waals surface area contributed by atoms with Crippen molar-refractivity contribution in [2.45, 2.75) is 53.4 Å². The summed E-state index contributed by atoms with van der Waals surface area (Å²) < 4.78 is 0. The highest BCUT2D eigenvalue weighted by molar-refractivity contribution is 5.32. The van der Waals surface area contributed by atoms with Crippen LogP contribution in [0.3, 0.4) is 0 Å². The third-order valence-corrected chi connectivity index (χ3v) is 5.68. The van der Waals surface area contributed by atoms with Crippen LogP contribution in [0.5, 0.6) is 0 Å². The van der Waals surface area contributed by atoms with Crippen molar-refractivity contribution in [3.8, 4) is 0 Å². The van der Waals surface area contributed by atoms with Crippen LogP contribution < -0.4 is 0 Å².